The van der Waals surface area contributed by atoms with E-state index in [0.29, 0.717) is 11.3 Å². The van der Waals surface area contributed by atoms with E-state index in [1.807, 2.05) is 18.2 Å². The number of hydrogen-bond acceptors (Lipinski definition) is 1. The Hall–Kier alpha value is -0.760. The number of benzene rings is 1. The average Bonchev–Trinajstić information content (AvgIpc) is 2.07. The van der Waals surface area contributed by atoms with E-state index in [2.05, 4.69) is 12.6 Å². The Morgan fingerprint density at radius 3 is 2.83 bits per heavy atom. The highest BCUT2D eigenvalue weighted by Crippen LogP contribution is 2.10. The van der Waals surface area contributed by atoms with Crippen molar-refractivity contribution in [2.75, 3.05) is 5.75 Å². The normalized spacial score (nSPS) is 10.9. The van der Waals surface area contributed by atoms with E-state index in [9.17, 15) is 4.39 Å². The fourth-order valence-electron chi connectivity index (χ4n) is 0.902. The molecule has 0 atom stereocenters. The minimum absolute atomic E-state index is 0.156. The van der Waals surface area contributed by atoms with E-state index in [-0.39, 0.29) is 5.82 Å². The third kappa shape index (κ3) is 2.38. The third-order valence-electron chi connectivity index (χ3n) is 1.61. The molecule has 0 aliphatic rings. The molecule has 0 aromatic heterocycles. The third-order valence-corrected chi connectivity index (χ3v) is 1.82. The Bertz CT molecular complexity index is 292. The Morgan fingerprint density at radius 1 is 1.50 bits per heavy atom. The summed E-state index contributed by atoms with van der Waals surface area (Å²) in [4.78, 5) is 0. The van der Waals surface area contributed by atoms with Crippen molar-refractivity contribution in [1.29, 1.82) is 0 Å². The van der Waals surface area contributed by atoms with Crippen LogP contribution in [0.4, 0.5) is 4.39 Å². The summed E-state index contributed by atoms with van der Waals surface area (Å²) in [7, 11) is 0. The smallest absolute Gasteiger partial charge is 0.126 e. The van der Waals surface area contributed by atoms with Gasteiger partial charge in [-0.15, -0.1) is 0 Å². The molecule has 0 fully saturated rings. The van der Waals surface area contributed by atoms with Crippen LogP contribution in [0.3, 0.4) is 0 Å². The van der Waals surface area contributed by atoms with Crippen molar-refractivity contribution in [3.05, 3.63) is 41.2 Å². The molecule has 2 heteroatoms. The van der Waals surface area contributed by atoms with Crippen molar-refractivity contribution in [1.82, 2.24) is 0 Å². The van der Waals surface area contributed by atoms with Crippen LogP contribution in [0, 0.1) is 12.7 Å². The molecule has 0 radical (unpaired) electrons. The maximum absolute atomic E-state index is 13.0. The van der Waals surface area contributed by atoms with E-state index in [4.69, 9.17) is 0 Å². The molecule has 0 amide bonds. The first-order valence-electron chi connectivity index (χ1n) is 3.77. The van der Waals surface area contributed by atoms with Crippen LogP contribution in [0.15, 0.2) is 24.3 Å². The van der Waals surface area contributed by atoms with E-state index in [0.717, 1.165) is 5.56 Å². The van der Waals surface area contributed by atoms with Gasteiger partial charge in [0.1, 0.15) is 5.82 Å². The summed E-state index contributed by atoms with van der Waals surface area (Å²) in [5.74, 6) is 0.520. The first-order chi connectivity index (χ1) is 5.74. The molecular formula is C10H11FS. The number of thiol groups is 1. The highest BCUT2D eigenvalue weighted by Gasteiger charge is 1.95. The van der Waals surface area contributed by atoms with Crippen molar-refractivity contribution in [3.8, 4) is 0 Å². The molecule has 1 aromatic carbocycles. The van der Waals surface area contributed by atoms with Gasteiger partial charge in [-0.25, -0.2) is 4.39 Å². The van der Waals surface area contributed by atoms with Crippen molar-refractivity contribution in [3.63, 3.8) is 0 Å². The van der Waals surface area contributed by atoms with E-state index in [1.54, 1.807) is 13.0 Å². The molecule has 0 aliphatic carbocycles. The molecule has 1 aromatic rings. The zero-order chi connectivity index (χ0) is 8.97. The molecule has 0 aliphatic heterocycles. The quantitative estimate of drug-likeness (QED) is 0.668. The zero-order valence-corrected chi connectivity index (χ0v) is 7.81. The lowest BCUT2D eigenvalue weighted by atomic mass is 10.1. The van der Waals surface area contributed by atoms with Crippen LogP contribution in [0.2, 0.25) is 0 Å². The summed E-state index contributed by atoms with van der Waals surface area (Å²) in [5.41, 5.74) is 1.56. The number of aryl methyl sites for hydroxylation is 1. The summed E-state index contributed by atoms with van der Waals surface area (Å²) in [6, 6.07) is 5.18. The lowest BCUT2D eigenvalue weighted by Crippen LogP contribution is -1.82. The van der Waals surface area contributed by atoms with Crippen LogP contribution in [0.1, 0.15) is 11.1 Å². The summed E-state index contributed by atoms with van der Waals surface area (Å²) in [6.07, 6.45) is 3.74. The van der Waals surface area contributed by atoms with Crippen LogP contribution in [0.25, 0.3) is 6.08 Å². The summed E-state index contributed by atoms with van der Waals surface area (Å²) < 4.78 is 13.0. The predicted molar refractivity (Wildman–Crippen MR) is 54.0 cm³/mol. The molecule has 64 valence electrons. The molecule has 0 bridgehead atoms. The second kappa shape index (κ2) is 4.31. The van der Waals surface area contributed by atoms with Gasteiger partial charge in [0.2, 0.25) is 0 Å². The van der Waals surface area contributed by atoms with Crippen LogP contribution in [-0.2, 0) is 0 Å². The molecule has 0 N–H and O–H groups in total. The van der Waals surface area contributed by atoms with Gasteiger partial charge in [0.05, 0.1) is 0 Å². The van der Waals surface area contributed by atoms with E-state index < -0.39 is 0 Å². The second-order valence-electron chi connectivity index (χ2n) is 2.59. The molecule has 0 saturated heterocycles. The maximum atomic E-state index is 13.0. The van der Waals surface area contributed by atoms with Gasteiger partial charge < -0.3 is 0 Å². The Morgan fingerprint density at radius 2 is 2.25 bits per heavy atom. The number of halogens is 1. The minimum Gasteiger partial charge on any atom is -0.207 e. The topological polar surface area (TPSA) is 0 Å². The standard InChI is InChI=1S/C10H11FS/c1-8-4-5-9(3-2-6-12)7-10(8)11/h2-5,7,12H,6H2,1H3. The Balaban J connectivity index is 2.89. The van der Waals surface area contributed by atoms with Crippen molar-refractivity contribution < 1.29 is 4.39 Å². The maximum Gasteiger partial charge on any atom is 0.126 e. The zero-order valence-electron chi connectivity index (χ0n) is 6.92. The Kier molecular flexibility index (Phi) is 3.35. The fraction of sp³-hybridized carbons (Fsp3) is 0.200. The van der Waals surface area contributed by atoms with Crippen molar-refractivity contribution >= 4 is 18.7 Å². The van der Waals surface area contributed by atoms with Gasteiger partial charge in [-0.2, -0.15) is 12.6 Å². The predicted octanol–water partition coefficient (Wildman–Crippen LogP) is 3.08. The van der Waals surface area contributed by atoms with Gasteiger partial charge >= 0.3 is 0 Å². The SMILES string of the molecule is Cc1ccc(C=CCS)cc1F. The lowest BCUT2D eigenvalue weighted by molar-refractivity contribution is 0.618. The van der Waals surface area contributed by atoms with Gasteiger partial charge in [0.15, 0.2) is 0 Å². The van der Waals surface area contributed by atoms with Crippen molar-refractivity contribution in [2.45, 2.75) is 6.92 Å². The summed E-state index contributed by atoms with van der Waals surface area (Å²) in [6.45, 7) is 1.75. The van der Waals surface area contributed by atoms with E-state index >= 15 is 0 Å². The van der Waals surface area contributed by atoms with Crippen molar-refractivity contribution in [2.24, 2.45) is 0 Å². The monoisotopic (exact) mass is 182 g/mol. The molecule has 0 heterocycles. The van der Waals surface area contributed by atoms with Crippen LogP contribution in [-0.4, -0.2) is 5.75 Å². The van der Waals surface area contributed by atoms with Crippen LogP contribution >= 0.6 is 12.6 Å². The molecule has 0 unspecified atom stereocenters. The lowest BCUT2D eigenvalue weighted by Gasteiger charge is -1.96. The largest absolute Gasteiger partial charge is 0.207 e. The molecule has 12 heavy (non-hydrogen) atoms. The molecule has 0 saturated carbocycles. The van der Waals surface area contributed by atoms with Gasteiger partial charge in [0.25, 0.3) is 0 Å². The molecule has 0 nitrogen and oxygen atoms in total. The molecule has 0 spiro atoms. The van der Waals surface area contributed by atoms with E-state index in [1.165, 1.54) is 6.07 Å². The number of rotatable bonds is 2. The minimum atomic E-state index is -0.156. The fourth-order valence-corrected chi connectivity index (χ4v) is 1.01. The van der Waals surface area contributed by atoms with Crippen LogP contribution in [0.5, 0.6) is 0 Å². The summed E-state index contributed by atoms with van der Waals surface area (Å²) >= 11 is 4.02. The van der Waals surface area contributed by atoms with Crippen LogP contribution < -0.4 is 0 Å². The highest BCUT2D eigenvalue weighted by atomic mass is 32.1. The first-order valence-corrected chi connectivity index (χ1v) is 4.41. The van der Waals surface area contributed by atoms with Gasteiger partial charge in [-0.3, -0.25) is 0 Å². The second-order valence-corrected chi connectivity index (χ2v) is 2.96. The van der Waals surface area contributed by atoms with Gasteiger partial charge in [-0.1, -0.05) is 24.3 Å². The summed E-state index contributed by atoms with van der Waals surface area (Å²) in [5, 5.41) is 0. The first kappa shape index (κ1) is 9.33. The van der Waals surface area contributed by atoms with Gasteiger partial charge in [-0.05, 0) is 24.1 Å². The average molecular weight is 182 g/mol. The Labute approximate surface area is 77.5 Å². The molecular weight excluding hydrogens is 171 g/mol. The molecule has 1 rings (SSSR count). The van der Waals surface area contributed by atoms with Gasteiger partial charge in [0, 0.05) is 5.75 Å². The number of hydrogen-bond donors (Lipinski definition) is 1. The highest BCUT2D eigenvalue weighted by molar-refractivity contribution is 7.80.